The van der Waals surface area contributed by atoms with Gasteiger partial charge in [-0.2, -0.15) is 4.98 Å². The fraction of sp³-hybridized carbons (Fsp3) is 0.182. The largest absolute Gasteiger partial charge is 0.333 e. The molecule has 32 heavy (non-hydrogen) atoms. The summed E-state index contributed by atoms with van der Waals surface area (Å²) in [5.41, 5.74) is 3.13. The summed E-state index contributed by atoms with van der Waals surface area (Å²) in [6, 6.07) is 13.4. The van der Waals surface area contributed by atoms with E-state index >= 15 is 0 Å². The minimum absolute atomic E-state index is 0.0763. The van der Waals surface area contributed by atoms with Crippen LogP contribution in [0.1, 0.15) is 33.4 Å². The van der Waals surface area contributed by atoms with E-state index in [9.17, 15) is 9.18 Å². The quantitative estimate of drug-likeness (QED) is 0.432. The van der Waals surface area contributed by atoms with Crippen LogP contribution < -0.4 is 0 Å². The lowest BCUT2D eigenvalue weighted by Gasteiger charge is -2.33. The van der Waals surface area contributed by atoms with Crippen LogP contribution in [0.25, 0.3) is 11.5 Å². The number of halogens is 3. The highest BCUT2D eigenvalue weighted by Gasteiger charge is 2.34. The average Bonchev–Trinajstić information content (AvgIpc) is 3.39. The van der Waals surface area contributed by atoms with Gasteiger partial charge in [0.25, 0.3) is 17.6 Å². The van der Waals surface area contributed by atoms with E-state index in [4.69, 9.17) is 27.7 Å². The van der Waals surface area contributed by atoms with Crippen LogP contribution in [0, 0.1) is 5.82 Å². The van der Waals surface area contributed by atoms with Gasteiger partial charge in [-0.15, -0.1) is 0 Å². The second-order valence-corrected chi connectivity index (χ2v) is 8.18. The van der Waals surface area contributed by atoms with Crippen molar-refractivity contribution in [1.82, 2.24) is 24.6 Å². The topological polar surface area (TPSA) is 77.0 Å². The Balaban J connectivity index is 1.47. The smallest absolute Gasteiger partial charge is 0.295 e. The lowest BCUT2D eigenvalue weighted by Crippen LogP contribution is -2.39. The maximum absolute atomic E-state index is 13.2. The van der Waals surface area contributed by atoms with Crippen molar-refractivity contribution in [1.29, 1.82) is 0 Å². The molecule has 1 unspecified atom stereocenters. The molecule has 1 aliphatic rings. The van der Waals surface area contributed by atoms with Gasteiger partial charge >= 0.3 is 0 Å². The Morgan fingerprint density at radius 3 is 2.59 bits per heavy atom. The Morgan fingerprint density at radius 2 is 1.88 bits per heavy atom. The number of benzene rings is 2. The van der Waals surface area contributed by atoms with E-state index in [-0.39, 0.29) is 34.6 Å². The molecule has 0 radical (unpaired) electrons. The third-order valence-corrected chi connectivity index (χ3v) is 6.30. The molecular formula is C22H16Cl2FN5O2. The van der Waals surface area contributed by atoms with Gasteiger partial charge in [-0.05, 0) is 47.0 Å². The predicted molar refractivity (Wildman–Crippen MR) is 116 cm³/mol. The Hall–Kier alpha value is -3.23. The van der Waals surface area contributed by atoms with Gasteiger partial charge in [-0.3, -0.25) is 4.79 Å². The zero-order chi connectivity index (χ0) is 22.4. The third-order valence-electron chi connectivity index (χ3n) is 5.52. The summed E-state index contributed by atoms with van der Waals surface area (Å²) in [5.74, 6) is -0.969. The second-order valence-electron chi connectivity index (χ2n) is 7.48. The summed E-state index contributed by atoms with van der Waals surface area (Å²) in [4.78, 5) is 23.5. The van der Waals surface area contributed by atoms with Crippen molar-refractivity contribution >= 4 is 29.1 Å². The van der Waals surface area contributed by atoms with Crippen LogP contribution in [0.15, 0.2) is 53.1 Å². The molecule has 2 aromatic carbocycles. The normalized spacial score (nSPS) is 15.6. The molecule has 0 saturated carbocycles. The van der Waals surface area contributed by atoms with Crippen LogP contribution in [-0.2, 0) is 13.6 Å². The molecule has 0 bridgehead atoms. The lowest BCUT2D eigenvalue weighted by atomic mass is 9.87. The van der Waals surface area contributed by atoms with Crippen LogP contribution >= 0.6 is 23.2 Å². The van der Waals surface area contributed by atoms with Crippen molar-refractivity contribution in [2.24, 2.45) is 7.05 Å². The molecule has 162 valence electrons. The van der Waals surface area contributed by atoms with Crippen molar-refractivity contribution in [2.45, 2.75) is 12.5 Å². The zero-order valence-electron chi connectivity index (χ0n) is 16.8. The van der Waals surface area contributed by atoms with Gasteiger partial charge in [0.15, 0.2) is 0 Å². The Labute approximate surface area is 192 Å². The monoisotopic (exact) mass is 471 g/mol. The highest BCUT2D eigenvalue weighted by atomic mass is 35.5. The van der Waals surface area contributed by atoms with Crippen LogP contribution in [0.3, 0.4) is 0 Å². The summed E-state index contributed by atoms with van der Waals surface area (Å²) in [7, 11) is 1.73. The fourth-order valence-corrected chi connectivity index (χ4v) is 4.32. The Bertz CT molecular complexity index is 1320. The molecule has 1 amide bonds. The number of carbonyl (C=O) groups excluding carboxylic acids is 1. The number of rotatable bonds is 3. The minimum atomic E-state index is -0.389. The predicted octanol–water partition coefficient (Wildman–Crippen LogP) is 4.70. The number of fused-ring (bicyclic) bond motifs is 1. The molecule has 0 saturated heterocycles. The first-order valence-electron chi connectivity index (χ1n) is 9.76. The van der Waals surface area contributed by atoms with Gasteiger partial charge < -0.3 is 14.0 Å². The van der Waals surface area contributed by atoms with Crippen molar-refractivity contribution in [3.8, 4) is 11.5 Å². The third kappa shape index (κ3) is 3.55. The van der Waals surface area contributed by atoms with E-state index in [2.05, 4.69) is 15.1 Å². The number of carbonyl (C=O) groups is 1. The van der Waals surface area contributed by atoms with Crippen LogP contribution in [0.5, 0.6) is 0 Å². The lowest BCUT2D eigenvalue weighted by molar-refractivity contribution is 0.0708. The maximum Gasteiger partial charge on any atom is 0.295 e. The Morgan fingerprint density at radius 1 is 1.12 bits per heavy atom. The minimum Gasteiger partial charge on any atom is -0.333 e. The number of hydrogen-bond donors (Lipinski definition) is 0. The number of hydrogen-bond acceptors (Lipinski definition) is 5. The average molecular weight is 472 g/mol. The van der Waals surface area contributed by atoms with Gasteiger partial charge in [0.05, 0.1) is 5.69 Å². The van der Waals surface area contributed by atoms with E-state index in [1.807, 2.05) is 24.3 Å². The van der Waals surface area contributed by atoms with Crippen LogP contribution in [-0.4, -0.2) is 37.0 Å². The second kappa shape index (κ2) is 8.03. The van der Waals surface area contributed by atoms with Crippen molar-refractivity contribution < 1.29 is 13.7 Å². The van der Waals surface area contributed by atoms with E-state index in [1.54, 1.807) is 16.5 Å². The van der Waals surface area contributed by atoms with Crippen molar-refractivity contribution in [3.05, 3.63) is 87.4 Å². The first-order valence-corrected chi connectivity index (χ1v) is 10.5. The number of nitrogens with zero attached hydrogens (tertiary/aromatic N) is 5. The molecule has 0 N–H and O–H groups in total. The first kappa shape index (κ1) is 20.7. The molecule has 5 rings (SSSR count). The van der Waals surface area contributed by atoms with E-state index in [0.29, 0.717) is 29.5 Å². The summed E-state index contributed by atoms with van der Waals surface area (Å²) < 4.78 is 20.0. The van der Waals surface area contributed by atoms with E-state index < -0.39 is 0 Å². The molecule has 2 aromatic heterocycles. The number of aromatic nitrogens is 4. The molecule has 7 nitrogen and oxygen atoms in total. The van der Waals surface area contributed by atoms with Crippen LogP contribution in [0.4, 0.5) is 4.39 Å². The molecule has 10 heteroatoms. The van der Waals surface area contributed by atoms with Crippen molar-refractivity contribution in [3.63, 3.8) is 0 Å². The highest BCUT2D eigenvalue weighted by Crippen LogP contribution is 2.37. The van der Waals surface area contributed by atoms with Gasteiger partial charge in [0.1, 0.15) is 11.0 Å². The summed E-state index contributed by atoms with van der Waals surface area (Å²) in [6.07, 6.45) is 0. The number of imidazole rings is 1. The van der Waals surface area contributed by atoms with Gasteiger partial charge in [-0.25, -0.2) is 9.37 Å². The zero-order valence-corrected chi connectivity index (χ0v) is 18.3. The molecule has 0 aliphatic carbocycles. The fourth-order valence-electron chi connectivity index (χ4n) is 3.85. The molecule has 3 heterocycles. The van der Waals surface area contributed by atoms with E-state index in [1.165, 1.54) is 24.3 Å². The maximum atomic E-state index is 13.2. The summed E-state index contributed by atoms with van der Waals surface area (Å²) >= 11 is 12.7. The van der Waals surface area contributed by atoms with E-state index in [0.717, 1.165) is 11.1 Å². The standard InChI is InChI=1S/C22H16Cl2FN5O2/c1-29-18(23)17(26-22(29)24)16-11-30(10-13-4-2-3-5-15(13)16)21(31)19-27-20(32-28-19)12-6-8-14(25)9-7-12/h2-9,16H,10-11H2,1H3. The summed E-state index contributed by atoms with van der Waals surface area (Å²) in [5, 5.41) is 4.53. The highest BCUT2D eigenvalue weighted by molar-refractivity contribution is 6.33. The summed E-state index contributed by atoms with van der Waals surface area (Å²) in [6.45, 7) is 0.702. The van der Waals surface area contributed by atoms with Crippen molar-refractivity contribution in [2.75, 3.05) is 6.54 Å². The van der Waals surface area contributed by atoms with Gasteiger partial charge in [0.2, 0.25) is 5.28 Å². The molecule has 0 spiro atoms. The van der Waals surface area contributed by atoms with Gasteiger partial charge in [0, 0.05) is 31.6 Å². The van der Waals surface area contributed by atoms with Crippen LogP contribution in [0.2, 0.25) is 10.4 Å². The molecular weight excluding hydrogens is 456 g/mol. The molecule has 4 aromatic rings. The molecule has 0 fully saturated rings. The Kier molecular flexibility index (Phi) is 5.19. The first-order chi connectivity index (χ1) is 15.4. The van der Waals surface area contributed by atoms with Gasteiger partial charge in [-0.1, -0.05) is 41.0 Å². The SMILES string of the molecule is Cn1c(Cl)nc(C2CN(C(=O)c3noc(-c4ccc(F)cc4)n3)Cc3ccccc32)c1Cl. The molecule has 1 atom stereocenters. The number of amides is 1. The molecule has 1 aliphatic heterocycles.